The van der Waals surface area contributed by atoms with E-state index in [4.69, 9.17) is 18.9 Å². The molecule has 0 aromatic heterocycles. The maximum atomic E-state index is 5.44. The molecule has 0 amide bonds. The summed E-state index contributed by atoms with van der Waals surface area (Å²) < 4.78 is 21.6. The van der Waals surface area contributed by atoms with Crippen LogP contribution in [0.5, 0.6) is 0 Å². The van der Waals surface area contributed by atoms with Gasteiger partial charge in [0.1, 0.15) is 0 Å². The summed E-state index contributed by atoms with van der Waals surface area (Å²) in [7, 11) is 0. The van der Waals surface area contributed by atoms with E-state index < -0.39 is 0 Å². The fourth-order valence-corrected chi connectivity index (χ4v) is 1.45. The van der Waals surface area contributed by atoms with Crippen molar-refractivity contribution in [3.8, 4) is 0 Å². The van der Waals surface area contributed by atoms with Gasteiger partial charge in [-0.3, -0.25) is 0 Å². The first kappa shape index (κ1) is 20.5. The smallest absolute Gasteiger partial charge is 0.0701 e. The summed E-state index contributed by atoms with van der Waals surface area (Å²) >= 11 is 0. The minimum Gasteiger partial charge on any atom is -0.379 e. The molecule has 0 radical (unpaired) electrons. The molecule has 0 aliphatic carbocycles. The summed E-state index contributed by atoms with van der Waals surface area (Å²) in [5.74, 6) is 0. The highest BCUT2D eigenvalue weighted by Crippen LogP contribution is 1.88. The fourth-order valence-electron chi connectivity index (χ4n) is 1.45. The molecule has 5 nitrogen and oxygen atoms in total. The van der Waals surface area contributed by atoms with E-state index in [1.54, 1.807) is 0 Å². The lowest BCUT2D eigenvalue weighted by Gasteiger charge is -2.08. The topological polar surface area (TPSA) is 49.0 Å². The quantitative estimate of drug-likeness (QED) is 0.329. The number of ether oxygens (including phenoxy) is 4. The van der Waals surface area contributed by atoms with Crippen LogP contribution in [0.2, 0.25) is 0 Å². The molecule has 0 aliphatic rings. The van der Waals surface area contributed by atoms with Crippen LogP contribution in [-0.2, 0) is 18.9 Å². The Balaban J connectivity index is 2.95. The zero-order valence-electron chi connectivity index (χ0n) is 13.8. The van der Waals surface area contributed by atoms with Gasteiger partial charge in [-0.2, -0.15) is 0 Å². The highest BCUT2D eigenvalue weighted by Gasteiger charge is 1.93. The molecule has 0 saturated carbocycles. The maximum absolute atomic E-state index is 5.44. The average molecular weight is 303 g/mol. The number of unbranched alkanes of at least 4 members (excludes halogenated alkanes) is 1. The molecular weight excluding hydrogens is 270 g/mol. The molecule has 0 aliphatic heterocycles. The molecule has 0 atom stereocenters. The van der Waals surface area contributed by atoms with Gasteiger partial charge in [0.05, 0.1) is 46.2 Å². The zero-order chi connectivity index (χ0) is 15.6. The lowest BCUT2D eigenvalue weighted by Crippen LogP contribution is -2.24. The van der Waals surface area contributed by atoms with Crippen LogP contribution in [0.3, 0.4) is 0 Å². The molecule has 0 saturated heterocycles. The molecule has 21 heavy (non-hydrogen) atoms. The summed E-state index contributed by atoms with van der Waals surface area (Å²) in [6.45, 7) is 15.0. The predicted molar refractivity (Wildman–Crippen MR) is 85.9 cm³/mol. The largest absolute Gasteiger partial charge is 0.379 e. The second-order valence-electron chi connectivity index (χ2n) is 4.95. The van der Waals surface area contributed by atoms with E-state index in [9.17, 15) is 0 Å². The summed E-state index contributed by atoms with van der Waals surface area (Å²) in [5.41, 5.74) is 1.05. The highest BCUT2D eigenvalue weighted by atomic mass is 16.5. The number of nitrogens with one attached hydrogen (secondary N) is 1. The van der Waals surface area contributed by atoms with Crippen LogP contribution >= 0.6 is 0 Å². The van der Waals surface area contributed by atoms with Gasteiger partial charge in [-0.05, 0) is 13.3 Å². The maximum Gasteiger partial charge on any atom is 0.0701 e. The van der Waals surface area contributed by atoms with Crippen molar-refractivity contribution in [3.05, 3.63) is 12.2 Å². The molecule has 5 heteroatoms. The summed E-state index contributed by atoms with van der Waals surface area (Å²) in [6.07, 6.45) is 2.29. The van der Waals surface area contributed by atoms with Crippen LogP contribution in [-0.4, -0.2) is 65.9 Å². The van der Waals surface area contributed by atoms with E-state index in [0.717, 1.165) is 31.7 Å². The van der Waals surface area contributed by atoms with Crippen molar-refractivity contribution < 1.29 is 18.9 Å². The van der Waals surface area contributed by atoms with Gasteiger partial charge in [-0.25, -0.2) is 0 Å². The lowest BCUT2D eigenvalue weighted by molar-refractivity contribution is 0.0145. The molecule has 0 bridgehead atoms. The lowest BCUT2D eigenvalue weighted by atomic mass is 10.4. The Kier molecular flexibility index (Phi) is 17.2. The minimum absolute atomic E-state index is 0.624. The van der Waals surface area contributed by atoms with E-state index in [1.165, 1.54) is 6.42 Å². The van der Waals surface area contributed by atoms with E-state index in [0.29, 0.717) is 46.2 Å². The molecule has 0 unspecified atom stereocenters. The van der Waals surface area contributed by atoms with Crippen LogP contribution < -0.4 is 5.32 Å². The molecule has 0 aromatic rings. The third-order valence-electron chi connectivity index (χ3n) is 2.58. The van der Waals surface area contributed by atoms with Crippen LogP contribution in [0.25, 0.3) is 0 Å². The van der Waals surface area contributed by atoms with Crippen molar-refractivity contribution in [2.45, 2.75) is 26.7 Å². The molecule has 0 rings (SSSR count). The van der Waals surface area contributed by atoms with Crippen molar-refractivity contribution in [2.24, 2.45) is 0 Å². The number of hydrogen-bond donors (Lipinski definition) is 1. The van der Waals surface area contributed by atoms with Gasteiger partial charge in [0.25, 0.3) is 0 Å². The molecular formula is C16H33NO4. The van der Waals surface area contributed by atoms with E-state index >= 15 is 0 Å². The molecule has 1 N–H and O–H groups in total. The molecule has 0 fully saturated rings. The second-order valence-corrected chi connectivity index (χ2v) is 4.95. The van der Waals surface area contributed by atoms with Gasteiger partial charge in [0.2, 0.25) is 0 Å². The Morgan fingerprint density at radius 1 is 0.810 bits per heavy atom. The SMILES string of the molecule is C=C(C)COCCNCCOCCOCCOCCCC. The highest BCUT2D eigenvalue weighted by molar-refractivity contribution is 4.87. The van der Waals surface area contributed by atoms with Crippen molar-refractivity contribution in [1.82, 2.24) is 5.32 Å². The van der Waals surface area contributed by atoms with Gasteiger partial charge in [0.15, 0.2) is 0 Å². The van der Waals surface area contributed by atoms with Crippen molar-refractivity contribution in [2.75, 3.05) is 65.9 Å². The summed E-state index contributed by atoms with van der Waals surface area (Å²) in [5, 5.41) is 3.25. The molecule has 0 spiro atoms. The number of rotatable bonds is 17. The first-order chi connectivity index (χ1) is 10.3. The second kappa shape index (κ2) is 17.6. The first-order valence-corrected chi connectivity index (χ1v) is 7.93. The van der Waals surface area contributed by atoms with E-state index in [1.807, 2.05) is 6.92 Å². The van der Waals surface area contributed by atoms with Gasteiger partial charge < -0.3 is 24.3 Å². The predicted octanol–water partition coefficient (Wildman–Crippen LogP) is 2.02. The van der Waals surface area contributed by atoms with Crippen LogP contribution in [0, 0.1) is 0 Å². The van der Waals surface area contributed by atoms with Crippen molar-refractivity contribution in [3.63, 3.8) is 0 Å². The molecule has 0 aromatic carbocycles. The van der Waals surface area contributed by atoms with Gasteiger partial charge in [-0.15, -0.1) is 0 Å². The third kappa shape index (κ3) is 19.5. The molecule has 0 heterocycles. The average Bonchev–Trinajstić information content (AvgIpc) is 2.46. The fraction of sp³-hybridized carbons (Fsp3) is 0.875. The summed E-state index contributed by atoms with van der Waals surface area (Å²) in [4.78, 5) is 0. The standard InChI is InChI=1S/C16H33NO4/c1-4-5-8-18-11-13-20-14-12-19-9-6-17-7-10-21-15-16(2)3/h17H,2,4-15H2,1,3H3. The number of hydrogen-bond acceptors (Lipinski definition) is 5. The van der Waals surface area contributed by atoms with Gasteiger partial charge in [-0.1, -0.05) is 25.5 Å². The zero-order valence-corrected chi connectivity index (χ0v) is 13.8. The summed E-state index contributed by atoms with van der Waals surface area (Å²) in [6, 6.07) is 0. The van der Waals surface area contributed by atoms with Crippen LogP contribution in [0.1, 0.15) is 26.7 Å². The Morgan fingerprint density at radius 3 is 1.90 bits per heavy atom. The molecule has 126 valence electrons. The van der Waals surface area contributed by atoms with Gasteiger partial charge in [0, 0.05) is 19.7 Å². The Bertz CT molecular complexity index is 224. The monoisotopic (exact) mass is 303 g/mol. The van der Waals surface area contributed by atoms with Crippen molar-refractivity contribution in [1.29, 1.82) is 0 Å². The minimum atomic E-state index is 0.624. The van der Waals surface area contributed by atoms with Crippen LogP contribution in [0.4, 0.5) is 0 Å². The normalized spacial score (nSPS) is 11.0. The Labute approximate surface area is 130 Å². The first-order valence-electron chi connectivity index (χ1n) is 7.93. The van der Waals surface area contributed by atoms with Gasteiger partial charge >= 0.3 is 0 Å². The Hall–Kier alpha value is -0.460. The van der Waals surface area contributed by atoms with E-state index in [-0.39, 0.29) is 0 Å². The third-order valence-corrected chi connectivity index (χ3v) is 2.58. The van der Waals surface area contributed by atoms with Crippen LogP contribution in [0.15, 0.2) is 12.2 Å². The van der Waals surface area contributed by atoms with E-state index in [2.05, 4.69) is 18.8 Å². The Morgan fingerprint density at radius 2 is 1.33 bits per heavy atom. The van der Waals surface area contributed by atoms with Crippen molar-refractivity contribution >= 4 is 0 Å².